The summed E-state index contributed by atoms with van der Waals surface area (Å²) in [6, 6.07) is 15.2. The van der Waals surface area contributed by atoms with Crippen LogP contribution in [0.15, 0.2) is 48.5 Å². The van der Waals surface area contributed by atoms with E-state index in [0.29, 0.717) is 6.42 Å². The Morgan fingerprint density at radius 2 is 1.53 bits per heavy atom. The monoisotopic (exact) mass is 408 g/mol. The van der Waals surface area contributed by atoms with Gasteiger partial charge in [-0.05, 0) is 43.0 Å². The molecular formula is C25H28O5. The first-order chi connectivity index (χ1) is 14.5. The maximum atomic E-state index is 10.9. The molecule has 3 rings (SSSR count). The van der Waals surface area contributed by atoms with Crippen molar-refractivity contribution in [3.63, 3.8) is 0 Å². The summed E-state index contributed by atoms with van der Waals surface area (Å²) in [7, 11) is 3.35. The molecule has 0 bridgehead atoms. The van der Waals surface area contributed by atoms with Crippen molar-refractivity contribution in [2.75, 3.05) is 14.2 Å². The van der Waals surface area contributed by atoms with Gasteiger partial charge >= 0.3 is 5.97 Å². The third-order valence-corrected chi connectivity index (χ3v) is 5.59. The third kappa shape index (κ3) is 4.35. The normalized spacial score (nSPS) is 12.0. The number of ether oxygens (including phenoxy) is 2. The van der Waals surface area contributed by atoms with Gasteiger partial charge in [0.1, 0.15) is 17.2 Å². The Kier molecular flexibility index (Phi) is 6.83. The van der Waals surface area contributed by atoms with E-state index >= 15 is 0 Å². The molecule has 0 spiro atoms. The molecule has 0 fully saturated rings. The van der Waals surface area contributed by atoms with Crippen LogP contribution in [0.3, 0.4) is 0 Å². The van der Waals surface area contributed by atoms with E-state index in [1.807, 2.05) is 43.3 Å². The fourth-order valence-corrected chi connectivity index (χ4v) is 4.23. The van der Waals surface area contributed by atoms with E-state index in [9.17, 15) is 9.90 Å². The van der Waals surface area contributed by atoms with Gasteiger partial charge in [0, 0.05) is 28.7 Å². The second kappa shape index (κ2) is 9.53. The smallest absolute Gasteiger partial charge is 0.303 e. The number of carboxylic acid groups (broad SMARTS) is 1. The summed E-state index contributed by atoms with van der Waals surface area (Å²) < 4.78 is 11.7. The highest BCUT2D eigenvalue weighted by atomic mass is 16.5. The molecule has 158 valence electrons. The molecule has 0 aliphatic carbocycles. The van der Waals surface area contributed by atoms with Crippen LogP contribution in [0.5, 0.6) is 17.2 Å². The fourth-order valence-electron chi connectivity index (χ4n) is 4.23. The molecule has 0 radical (unpaired) electrons. The molecule has 5 nitrogen and oxygen atoms in total. The van der Waals surface area contributed by atoms with Crippen molar-refractivity contribution in [3.05, 3.63) is 65.2 Å². The number of unbranched alkanes of at least 4 members (excludes halogenated alkanes) is 1. The maximum Gasteiger partial charge on any atom is 0.303 e. The SMILES string of the molecule is COc1c(C)c([C@H](CCCCC(=O)O)c2ccc(O)cc2)c(OC)c2ccccc12. The Hall–Kier alpha value is -3.21. The largest absolute Gasteiger partial charge is 0.508 e. The van der Waals surface area contributed by atoms with E-state index in [1.165, 1.54) is 0 Å². The summed E-state index contributed by atoms with van der Waals surface area (Å²) in [5.41, 5.74) is 3.08. The van der Waals surface area contributed by atoms with E-state index in [-0.39, 0.29) is 18.1 Å². The molecule has 3 aromatic carbocycles. The molecule has 0 aliphatic heterocycles. The number of hydrogen-bond donors (Lipinski definition) is 2. The van der Waals surface area contributed by atoms with Crippen LogP contribution in [0.4, 0.5) is 0 Å². The van der Waals surface area contributed by atoms with E-state index in [1.54, 1.807) is 26.4 Å². The highest BCUT2D eigenvalue weighted by molar-refractivity contribution is 5.96. The average Bonchev–Trinajstić information content (AvgIpc) is 2.74. The maximum absolute atomic E-state index is 10.9. The first kappa shape index (κ1) is 21.5. The van der Waals surface area contributed by atoms with Gasteiger partial charge in [-0.3, -0.25) is 4.79 Å². The molecule has 1 atom stereocenters. The highest BCUT2D eigenvalue weighted by Gasteiger charge is 2.26. The number of carboxylic acids is 1. The molecule has 0 amide bonds. The van der Waals surface area contributed by atoms with Crippen LogP contribution in [-0.4, -0.2) is 30.4 Å². The van der Waals surface area contributed by atoms with Gasteiger partial charge in [0.25, 0.3) is 0 Å². The summed E-state index contributed by atoms with van der Waals surface area (Å²) in [5.74, 6) is 1.03. The molecule has 0 heterocycles. The highest BCUT2D eigenvalue weighted by Crippen LogP contribution is 2.46. The number of phenols is 1. The molecule has 0 aromatic heterocycles. The molecule has 5 heteroatoms. The van der Waals surface area contributed by atoms with Gasteiger partial charge in [0.15, 0.2) is 0 Å². The lowest BCUT2D eigenvalue weighted by Gasteiger charge is -2.26. The lowest BCUT2D eigenvalue weighted by atomic mass is 9.82. The quantitative estimate of drug-likeness (QED) is 0.448. The van der Waals surface area contributed by atoms with Gasteiger partial charge in [0.05, 0.1) is 14.2 Å². The van der Waals surface area contributed by atoms with Gasteiger partial charge in [-0.15, -0.1) is 0 Å². The van der Waals surface area contributed by atoms with Crippen molar-refractivity contribution < 1.29 is 24.5 Å². The van der Waals surface area contributed by atoms with E-state index in [2.05, 4.69) is 0 Å². The topological polar surface area (TPSA) is 76.0 Å². The van der Waals surface area contributed by atoms with Crippen molar-refractivity contribution in [1.29, 1.82) is 0 Å². The Labute approximate surface area is 176 Å². The summed E-state index contributed by atoms with van der Waals surface area (Å²) in [6.07, 6.45) is 2.28. The average molecular weight is 408 g/mol. The lowest BCUT2D eigenvalue weighted by Crippen LogP contribution is -2.08. The third-order valence-electron chi connectivity index (χ3n) is 5.59. The van der Waals surface area contributed by atoms with Gasteiger partial charge in [-0.2, -0.15) is 0 Å². The van der Waals surface area contributed by atoms with Gasteiger partial charge in [-0.1, -0.05) is 42.8 Å². The Bertz CT molecular complexity index is 1020. The Balaban J connectivity index is 2.17. The first-order valence-corrected chi connectivity index (χ1v) is 10.1. The number of carbonyl (C=O) groups is 1. The van der Waals surface area contributed by atoms with Crippen molar-refractivity contribution in [1.82, 2.24) is 0 Å². The number of aromatic hydroxyl groups is 1. The summed E-state index contributed by atoms with van der Waals surface area (Å²) in [4.78, 5) is 10.9. The Morgan fingerprint density at radius 1 is 0.933 bits per heavy atom. The summed E-state index contributed by atoms with van der Waals surface area (Å²) in [5, 5.41) is 20.7. The molecular weight excluding hydrogens is 380 g/mol. The minimum atomic E-state index is -0.780. The van der Waals surface area contributed by atoms with Crippen molar-refractivity contribution >= 4 is 16.7 Å². The second-order valence-electron chi connectivity index (χ2n) is 7.43. The number of phenolic OH excluding ortho intramolecular Hbond substituents is 1. The van der Waals surface area contributed by atoms with Crippen LogP contribution in [0.25, 0.3) is 10.8 Å². The van der Waals surface area contributed by atoms with Crippen LogP contribution in [0.2, 0.25) is 0 Å². The summed E-state index contributed by atoms with van der Waals surface area (Å²) >= 11 is 0. The van der Waals surface area contributed by atoms with Crippen molar-refractivity contribution in [2.45, 2.75) is 38.5 Å². The van der Waals surface area contributed by atoms with E-state index in [4.69, 9.17) is 14.6 Å². The number of benzene rings is 3. The molecule has 30 heavy (non-hydrogen) atoms. The lowest BCUT2D eigenvalue weighted by molar-refractivity contribution is -0.137. The minimum Gasteiger partial charge on any atom is -0.508 e. The first-order valence-electron chi connectivity index (χ1n) is 10.1. The number of rotatable bonds is 9. The molecule has 2 N–H and O–H groups in total. The Morgan fingerprint density at radius 3 is 2.10 bits per heavy atom. The van der Waals surface area contributed by atoms with Crippen LogP contribution >= 0.6 is 0 Å². The standard InChI is InChI=1S/C25H28O5/c1-16-23(25(30-3)21-10-5-4-9-20(21)24(16)29-2)19(8-6-7-11-22(27)28)17-12-14-18(26)15-13-17/h4-5,9-10,12-15,19,26H,6-8,11H2,1-3H3,(H,27,28)/t19-/m1/s1. The van der Waals surface area contributed by atoms with Crippen LogP contribution in [0.1, 0.15) is 48.3 Å². The van der Waals surface area contributed by atoms with Crippen LogP contribution in [-0.2, 0) is 4.79 Å². The zero-order valence-corrected chi connectivity index (χ0v) is 17.6. The second-order valence-corrected chi connectivity index (χ2v) is 7.43. The predicted molar refractivity (Wildman–Crippen MR) is 118 cm³/mol. The van der Waals surface area contributed by atoms with Crippen molar-refractivity contribution in [3.8, 4) is 17.2 Å². The molecule has 3 aromatic rings. The zero-order valence-electron chi connectivity index (χ0n) is 17.6. The predicted octanol–water partition coefficient (Wildman–Crippen LogP) is 5.65. The molecule has 0 saturated carbocycles. The van der Waals surface area contributed by atoms with Crippen molar-refractivity contribution in [2.24, 2.45) is 0 Å². The number of methoxy groups -OCH3 is 2. The van der Waals surface area contributed by atoms with Gasteiger partial charge < -0.3 is 19.7 Å². The zero-order chi connectivity index (χ0) is 21.7. The minimum absolute atomic E-state index is 0.0205. The number of hydrogen-bond acceptors (Lipinski definition) is 4. The summed E-state index contributed by atoms with van der Waals surface area (Å²) in [6.45, 7) is 2.04. The van der Waals surface area contributed by atoms with E-state index in [0.717, 1.165) is 51.8 Å². The fraction of sp³-hybridized carbons (Fsp3) is 0.320. The molecule has 0 aliphatic rings. The molecule has 0 saturated heterocycles. The van der Waals surface area contributed by atoms with Crippen LogP contribution in [0, 0.1) is 6.92 Å². The van der Waals surface area contributed by atoms with Crippen LogP contribution < -0.4 is 9.47 Å². The number of fused-ring (bicyclic) bond motifs is 1. The van der Waals surface area contributed by atoms with Gasteiger partial charge in [-0.25, -0.2) is 0 Å². The van der Waals surface area contributed by atoms with Gasteiger partial charge in [0.2, 0.25) is 0 Å². The number of aliphatic carboxylic acids is 1. The van der Waals surface area contributed by atoms with E-state index < -0.39 is 5.97 Å². The molecule has 0 unspecified atom stereocenters.